The summed E-state index contributed by atoms with van der Waals surface area (Å²) in [5.41, 5.74) is 5.59. The van der Waals surface area contributed by atoms with E-state index in [-0.39, 0.29) is 25.0 Å². The Morgan fingerprint density at radius 3 is 2.36 bits per heavy atom. The van der Waals surface area contributed by atoms with Crippen molar-refractivity contribution < 1.29 is 46.6 Å². The van der Waals surface area contributed by atoms with E-state index in [9.17, 15) is 27.6 Å². The molecule has 39 heavy (non-hydrogen) atoms. The van der Waals surface area contributed by atoms with E-state index in [2.05, 4.69) is 12.2 Å². The number of carbonyl (C=O) groups is 3. The summed E-state index contributed by atoms with van der Waals surface area (Å²) in [5, 5.41) is 10.6. The highest BCUT2D eigenvalue weighted by Gasteiger charge is 2.38. The maximum absolute atomic E-state index is 12.2. The number of alkyl halides is 3. The van der Waals surface area contributed by atoms with Gasteiger partial charge in [0.05, 0.1) is 19.2 Å². The number of hydrogen-bond donors (Lipinski definition) is 3. The van der Waals surface area contributed by atoms with Crippen LogP contribution in [0.25, 0.3) is 11.0 Å². The van der Waals surface area contributed by atoms with E-state index in [0.29, 0.717) is 24.2 Å². The molecule has 0 aliphatic rings. The molecular weight excluding hydrogens is 525 g/mol. The molecule has 0 aliphatic heterocycles. The third-order valence-corrected chi connectivity index (χ3v) is 5.25. The van der Waals surface area contributed by atoms with Crippen molar-refractivity contribution in [3.05, 3.63) is 40.8 Å². The minimum atomic E-state index is -5.08. The number of amides is 1. The summed E-state index contributed by atoms with van der Waals surface area (Å²) in [6.07, 6.45) is 0.332. The summed E-state index contributed by atoms with van der Waals surface area (Å²) >= 11 is 0. The van der Waals surface area contributed by atoms with Gasteiger partial charge in [-0.15, -0.1) is 0 Å². The van der Waals surface area contributed by atoms with Gasteiger partial charge in [0, 0.05) is 30.4 Å². The molecule has 0 bridgehead atoms. The second-order valence-electron chi connectivity index (χ2n) is 8.70. The van der Waals surface area contributed by atoms with Gasteiger partial charge in [-0.2, -0.15) is 13.2 Å². The molecule has 0 saturated carbocycles. The van der Waals surface area contributed by atoms with Crippen LogP contribution in [0.3, 0.4) is 0 Å². The number of benzene rings is 1. The Hall–Kier alpha value is -3.61. The van der Waals surface area contributed by atoms with Crippen molar-refractivity contribution in [1.29, 1.82) is 0 Å². The highest BCUT2D eigenvalue weighted by molar-refractivity contribution is 5.81. The molecule has 218 valence electrons. The fourth-order valence-electron chi connectivity index (χ4n) is 3.13. The summed E-state index contributed by atoms with van der Waals surface area (Å²) in [5.74, 6) is -2.81. The van der Waals surface area contributed by atoms with Crippen LogP contribution in [0.15, 0.2) is 39.5 Å². The number of fused-ring (bicyclic) bond motifs is 1. The quantitative estimate of drug-likeness (QED) is 0.177. The van der Waals surface area contributed by atoms with Gasteiger partial charge in [0.2, 0.25) is 5.91 Å². The largest absolute Gasteiger partial charge is 0.493 e. The first-order valence-electron chi connectivity index (χ1n) is 12.5. The van der Waals surface area contributed by atoms with Crippen LogP contribution in [0.1, 0.15) is 58.8 Å². The number of carboxylic acid groups (broad SMARTS) is 1. The Balaban J connectivity index is 0.000000956. The molecule has 0 aliphatic carbocycles. The maximum Gasteiger partial charge on any atom is 0.490 e. The van der Waals surface area contributed by atoms with Crippen LogP contribution >= 0.6 is 0 Å². The van der Waals surface area contributed by atoms with Crippen LogP contribution in [-0.2, 0) is 19.1 Å². The number of rotatable bonds is 14. The van der Waals surface area contributed by atoms with E-state index in [1.165, 1.54) is 6.07 Å². The molecule has 0 saturated heterocycles. The molecule has 2 rings (SSSR count). The first-order chi connectivity index (χ1) is 18.3. The Bertz CT molecular complexity index is 1120. The smallest absolute Gasteiger partial charge is 0.490 e. The fourth-order valence-corrected chi connectivity index (χ4v) is 3.13. The van der Waals surface area contributed by atoms with Crippen LogP contribution < -0.4 is 21.4 Å². The first kappa shape index (κ1) is 33.4. The van der Waals surface area contributed by atoms with Gasteiger partial charge in [-0.3, -0.25) is 9.59 Å². The van der Waals surface area contributed by atoms with Gasteiger partial charge in [-0.1, -0.05) is 32.6 Å². The number of esters is 1. The monoisotopic (exact) mass is 560 g/mol. The van der Waals surface area contributed by atoms with E-state index in [0.717, 1.165) is 37.5 Å². The minimum Gasteiger partial charge on any atom is -0.493 e. The molecule has 1 aromatic heterocycles. The van der Waals surface area contributed by atoms with Crippen molar-refractivity contribution in [2.45, 2.75) is 77.1 Å². The van der Waals surface area contributed by atoms with E-state index in [1.807, 2.05) is 0 Å². The van der Waals surface area contributed by atoms with Crippen LogP contribution in [0.4, 0.5) is 13.2 Å². The van der Waals surface area contributed by atoms with Crippen molar-refractivity contribution in [1.82, 2.24) is 5.32 Å². The van der Waals surface area contributed by atoms with E-state index < -0.39 is 29.9 Å². The van der Waals surface area contributed by atoms with Crippen molar-refractivity contribution >= 4 is 28.8 Å². The Morgan fingerprint density at radius 2 is 1.74 bits per heavy atom. The zero-order chi connectivity index (χ0) is 29.4. The maximum atomic E-state index is 12.2. The van der Waals surface area contributed by atoms with Gasteiger partial charge in [0.15, 0.2) is 0 Å². The Labute approximate surface area is 223 Å². The number of unbranched alkanes of at least 4 members (excludes halogenated alkanes) is 4. The minimum absolute atomic E-state index is 0.165. The average molecular weight is 561 g/mol. The molecule has 10 nitrogen and oxygen atoms in total. The molecule has 4 N–H and O–H groups in total. The number of halogens is 3. The van der Waals surface area contributed by atoms with Crippen LogP contribution in [0.5, 0.6) is 5.75 Å². The number of carboxylic acids is 1. The standard InChI is InChI=1S/C24H34N2O6.C2HF3O2/c1-3-4-5-6-7-8-22(27)31-20(16-26-24(29)17(2)25)13-14-30-19-11-9-18-10-12-23(28)32-21(18)15-19;3-2(4,5)1(6)7/h9-12,15,17,20H,3-8,13-14,16,25H2,1-2H3,(H,26,29);(H,6,7)/t17-,20?;/m0./s1. The summed E-state index contributed by atoms with van der Waals surface area (Å²) in [6.45, 7) is 4.15. The second-order valence-corrected chi connectivity index (χ2v) is 8.70. The van der Waals surface area contributed by atoms with Gasteiger partial charge in [-0.25, -0.2) is 9.59 Å². The third kappa shape index (κ3) is 14.2. The zero-order valence-corrected chi connectivity index (χ0v) is 21.9. The molecule has 13 heteroatoms. The molecule has 2 atom stereocenters. The molecule has 1 unspecified atom stereocenters. The lowest BCUT2D eigenvalue weighted by Crippen LogP contribution is -2.43. The van der Waals surface area contributed by atoms with Gasteiger partial charge in [0.1, 0.15) is 17.4 Å². The molecule has 0 spiro atoms. The molecule has 0 radical (unpaired) electrons. The lowest BCUT2D eigenvalue weighted by Gasteiger charge is -2.19. The van der Waals surface area contributed by atoms with Crippen molar-refractivity contribution in [2.24, 2.45) is 5.73 Å². The predicted octanol–water partition coefficient (Wildman–Crippen LogP) is 3.93. The first-order valence-corrected chi connectivity index (χ1v) is 12.5. The number of nitrogens with one attached hydrogen (secondary N) is 1. The van der Waals surface area contributed by atoms with Crippen molar-refractivity contribution in [2.75, 3.05) is 13.2 Å². The zero-order valence-electron chi connectivity index (χ0n) is 21.9. The topological polar surface area (TPSA) is 158 Å². The third-order valence-electron chi connectivity index (χ3n) is 5.25. The highest BCUT2D eigenvalue weighted by atomic mass is 19.4. The predicted molar refractivity (Wildman–Crippen MR) is 136 cm³/mol. The molecular formula is C26H35F3N2O8. The average Bonchev–Trinajstić information content (AvgIpc) is 2.86. The van der Waals surface area contributed by atoms with Crippen LogP contribution in [0.2, 0.25) is 0 Å². The number of hydrogen-bond acceptors (Lipinski definition) is 8. The number of nitrogens with two attached hydrogens (primary N) is 1. The van der Waals surface area contributed by atoms with Crippen molar-refractivity contribution in [3.8, 4) is 5.75 Å². The van der Waals surface area contributed by atoms with E-state index in [1.54, 1.807) is 31.2 Å². The molecule has 1 aromatic carbocycles. The van der Waals surface area contributed by atoms with E-state index >= 15 is 0 Å². The van der Waals surface area contributed by atoms with Gasteiger partial charge in [0.25, 0.3) is 0 Å². The van der Waals surface area contributed by atoms with Crippen molar-refractivity contribution in [3.63, 3.8) is 0 Å². The van der Waals surface area contributed by atoms with Gasteiger partial charge >= 0.3 is 23.7 Å². The lowest BCUT2D eigenvalue weighted by molar-refractivity contribution is -0.192. The number of ether oxygens (including phenoxy) is 2. The van der Waals surface area contributed by atoms with Crippen LogP contribution in [-0.4, -0.2) is 54.4 Å². The van der Waals surface area contributed by atoms with Crippen LogP contribution in [0, 0.1) is 0 Å². The molecule has 1 heterocycles. The molecule has 0 fully saturated rings. The lowest BCUT2D eigenvalue weighted by atomic mass is 10.1. The van der Waals surface area contributed by atoms with E-state index in [4.69, 9.17) is 29.5 Å². The van der Waals surface area contributed by atoms with Gasteiger partial charge < -0.3 is 30.0 Å². The summed E-state index contributed by atoms with van der Waals surface area (Å²) < 4.78 is 48.2. The summed E-state index contributed by atoms with van der Waals surface area (Å²) in [6, 6.07) is 7.62. The fraction of sp³-hybridized carbons (Fsp3) is 0.538. The Kier molecular flexibility index (Phi) is 14.6. The summed E-state index contributed by atoms with van der Waals surface area (Å²) in [4.78, 5) is 44.3. The Morgan fingerprint density at radius 1 is 1.10 bits per heavy atom. The number of carbonyl (C=O) groups excluding carboxylic acids is 2. The SMILES string of the molecule is CCCCCCCC(=O)OC(CCOc1ccc2ccc(=O)oc2c1)CNC(=O)[C@H](C)N.O=C(O)C(F)(F)F. The molecule has 2 aromatic rings. The second kappa shape index (κ2) is 17.1. The number of aliphatic carboxylic acids is 1. The normalized spacial score (nSPS) is 12.6. The van der Waals surface area contributed by atoms with Gasteiger partial charge in [-0.05, 0) is 31.5 Å². The summed E-state index contributed by atoms with van der Waals surface area (Å²) in [7, 11) is 0. The highest BCUT2D eigenvalue weighted by Crippen LogP contribution is 2.20. The molecule has 1 amide bonds.